The standard InChI is InChI=1S/C16H26N2/c1-4-15-11-10-13(2)18(15)16(12-17-3)14-8-6-5-7-9-14/h5-9,13,15-17H,4,10-12H2,1-3H3. The molecule has 0 aliphatic carbocycles. The molecule has 1 aliphatic rings. The van der Waals surface area contributed by atoms with Crippen LogP contribution in [0.4, 0.5) is 0 Å². The van der Waals surface area contributed by atoms with Gasteiger partial charge in [-0.25, -0.2) is 0 Å². The van der Waals surface area contributed by atoms with Gasteiger partial charge in [-0.05, 0) is 38.8 Å². The monoisotopic (exact) mass is 246 g/mol. The van der Waals surface area contributed by atoms with Crippen molar-refractivity contribution in [3.8, 4) is 0 Å². The van der Waals surface area contributed by atoms with E-state index in [9.17, 15) is 0 Å². The number of nitrogens with zero attached hydrogens (tertiary/aromatic N) is 1. The number of likely N-dealkylation sites (N-methyl/N-ethyl adjacent to an activating group) is 1. The predicted octanol–water partition coefficient (Wildman–Crippen LogP) is 3.21. The van der Waals surface area contributed by atoms with Gasteiger partial charge in [-0.3, -0.25) is 4.90 Å². The van der Waals surface area contributed by atoms with Crippen molar-refractivity contribution in [3.63, 3.8) is 0 Å². The molecule has 1 aliphatic heterocycles. The van der Waals surface area contributed by atoms with Crippen LogP contribution in [0, 0.1) is 0 Å². The lowest BCUT2D eigenvalue weighted by molar-refractivity contribution is 0.132. The summed E-state index contributed by atoms with van der Waals surface area (Å²) in [5, 5.41) is 3.37. The zero-order valence-electron chi connectivity index (χ0n) is 11.9. The minimum atomic E-state index is 0.513. The third-order valence-electron chi connectivity index (χ3n) is 4.26. The number of hydrogen-bond acceptors (Lipinski definition) is 2. The Hall–Kier alpha value is -0.860. The third kappa shape index (κ3) is 2.76. The van der Waals surface area contributed by atoms with Gasteiger partial charge in [0.2, 0.25) is 0 Å². The topological polar surface area (TPSA) is 15.3 Å². The second-order valence-corrected chi connectivity index (χ2v) is 5.42. The fraction of sp³-hybridized carbons (Fsp3) is 0.625. The van der Waals surface area contributed by atoms with Crippen molar-refractivity contribution in [3.05, 3.63) is 35.9 Å². The van der Waals surface area contributed by atoms with Crippen LogP contribution in [0.25, 0.3) is 0 Å². The average molecular weight is 246 g/mol. The average Bonchev–Trinajstić information content (AvgIpc) is 2.78. The highest BCUT2D eigenvalue weighted by Crippen LogP contribution is 2.34. The van der Waals surface area contributed by atoms with Gasteiger partial charge in [-0.2, -0.15) is 0 Å². The Bertz CT molecular complexity index is 349. The normalized spacial score (nSPS) is 26.4. The zero-order chi connectivity index (χ0) is 13.0. The van der Waals surface area contributed by atoms with E-state index in [-0.39, 0.29) is 0 Å². The number of benzene rings is 1. The van der Waals surface area contributed by atoms with Gasteiger partial charge in [0.15, 0.2) is 0 Å². The molecule has 0 bridgehead atoms. The molecule has 3 unspecified atom stereocenters. The molecule has 100 valence electrons. The van der Waals surface area contributed by atoms with Crippen molar-refractivity contribution in [1.82, 2.24) is 10.2 Å². The van der Waals surface area contributed by atoms with Gasteiger partial charge in [-0.15, -0.1) is 0 Å². The van der Waals surface area contributed by atoms with Gasteiger partial charge in [0.05, 0.1) is 0 Å². The molecule has 1 saturated heterocycles. The van der Waals surface area contributed by atoms with E-state index in [1.165, 1.54) is 24.8 Å². The third-order valence-corrected chi connectivity index (χ3v) is 4.26. The molecule has 0 radical (unpaired) electrons. The van der Waals surface area contributed by atoms with Crippen molar-refractivity contribution < 1.29 is 0 Å². The smallest absolute Gasteiger partial charge is 0.0478 e. The first-order valence-electron chi connectivity index (χ1n) is 7.24. The molecule has 1 heterocycles. The van der Waals surface area contributed by atoms with Crippen LogP contribution < -0.4 is 5.32 Å². The van der Waals surface area contributed by atoms with Crippen LogP contribution in [0.15, 0.2) is 30.3 Å². The SMILES string of the molecule is CCC1CCC(C)N1C(CNC)c1ccccc1. The summed E-state index contributed by atoms with van der Waals surface area (Å²) in [6.07, 6.45) is 3.95. The molecule has 0 spiro atoms. The molecule has 1 aromatic rings. The Morgan fingerprint density at radius 1 is 1.28 bits per heavy atom. The highest BCUT2D eigenvalue weighted by atomic mass is 15.2. The lowest BCUT2D eigenvalue weighted by atomic mass is 10.0. The van der Waals surface area contributed by atoms with Crippen molar-refractivity contribution in [2.24, 2.45) is 0 Å². The number of rotatable bonds is 5. The van der Waals surface area contributed by atoms with Crippen molar-refractivity contribution in [2.75, 3.05) is 13.6 Å². The van der Waals surface area contributed by atoms with Crippen LogP contribution in [0.3, 0.4) is 0 Å². The van der Waals surface area contributed by atoms with Crippen LogP contribution >= 0.6 is 0 Å². The van der Waals surface area contributed by atoms with Gasteiger partial charge in [0, 0.05) is 24.7 Å². The van der Waals surface area contributed by atoms with Crippen molar-refractivity contribution in [2.45, 2.75) is 51.2 Å². The van der Waals surface area contributed by atoms with Crippen LogP contribution in [-0.4, -0.2) is 30.6 Å². The Kier molecular flexibility index (Phi) is 4.79. The van der Waals surface area contributed by atoms with E-state index in [0.717, 1.165) is 12.6 Å². The van der Waals surface area contributed by atoms with E-state index in [0.29, 0.717) is 12.1 Å². The fourth-order valence-electron chi connectivity index (χ4n) is 3.33. The first-order chi connectivity index (χ1) is 8.77. The first-order valence-corrected chi connectivity index (χ1v) is 7.24. The summed E-state index contributed by atoms with van der Waals surface area (Å²) in [4.78, 5) is 2.73. The van der Waals surface area contributed by atoms with Gasteiger partial charge in [0.1, 0.15) is 0 Å². The maximum atomic E-state index is 3.37. The molecule has 0 saturated carbocycles. The van der Waals surface area contributed by atoms with Gasteiger partial charge in [0.25, 0.3) is 0 Å². The number of likely N-dealkylation sites (tertiary alicyclic amines) is 1. The molecule has 1 N–H and O–H groups in total. The van der Waals surface area contributed by atoms with E-state index >= 15 is 0 Å². The van der Waals surface area contributed by atoms with E-state index in [4.69, 9.17) is 0 Å². The minimum Gasteiger partial charge on any atom is -0.318 e. The summed E-state index contributed by atoms with van der Waals surface area (Å²) in [7, 11) is 2.05. The zero-order valence-corrected chi connectivity index (χ0v) is 11.9. The molecule has 1 aromatic carbocycles. The van der Waals surface area contributed by atoms with Crippen molar-refractivity contribution in [1.29, 1.82) is 0 Å². The molecular formula is C16H26N2. The molecule has 0 aromatic heterocycles. The molecular weight excluding hydrogens is 220 g/mol. The van der Waals surface area contributed by atoms with Crippen LogP contribution in [0.5, 0.6) is 0 Å². The maximum absolute atomic E-state index is 3.37. The van der Waals surface area contributed by atoms with Crippen LogP contribution in [0.1, 0.15) is 44.7 Å². The molecule has 1 fully saturated rings. The summed E-state index contributed by atoms with van der Waals surface area (Å²) in [6.45, 7) is 5.73. The lowest BCUT2D eigenvalue weighted by Crippen LogP contribution is -2.41. The quantitative estimate of drug-likeness (QED) is 0.858. The summed E-state index contributed by atoms with van der Waals surface area (Å²) >= 11 is 0. The van der Waals surface area contributed by atoms with E-state index in [2.05, 4.69) is 61.4 Å². The summed E-state index contributed by atoms with van der Waals surface area (Å²) in [5.41, 5.74) is 1.44. The molecule has 2 rings (SSSR count). The van der Waals surface area contributed by atoms with E-state index in [1.54, 1.807) is 0 Å². The summed E-state index contributed by atoms with van der Waals surface area (Å²) in [5.74, 6) is 0. The molecule has 18 heavy (non-hydrogen) atoms. The Morgan fingerprint density at radius 3 is 2.61 bits per heavy atom. The van der Waals surface area contributed by atoms with E-state index < -0.39 is 0 Å². The lowest BCUT2D eigenvalue weighted by Gasteiger charge is -2.36. The number of hydrogen-bond donors (Lipinski definition) is 1. The van der Waals surface area contributed by atoms with Gasteiger partial charge < -0.3 is 5.32 Å². The van der Waals surface area contributed by atoms with Gasteiger partial charge in [-0.1, -0.05) is 37.3 Å². The van der Waals surface area contributed by atoms with E-state index in [1.807, 2.05) is 0 Å². The molecule has 3 atom stereocenters. The molecule has 2 heteroatoms. The highest BCUT2D eigenvalue weighted by Gasteiger charge is 2.34. The maximum Gasteiger partial charge on any atom is 0.0478 e. The second-order valence-electron chi connectivity index (χ2n) is 5.42. The molecule has 0 amide bonds. The largest absolute Gasteiger partial charge is 0.318 e. The molecule has 2 nitrogen and oxygen atoms in total. The Balaban J connectivity index is 2.24. The second kappa shape index (κ2) is 6.35. The summed E-state index contributed by atoms with van der Waals surface area (Å²) < 4.78 is 0. The van der Waals surface area contributed by atoms with Gasteiger partial charge >= 0.3 is 0 Å². The Labute approximate surface area is 111 Å². The number of nitrogens with one attached hydrogen (secondary N) is 1. The van der Waals surface area contributed by atoms with Crippen LogP contribution in [-0.2, 0) is 0 Å². The minimum absolute atomic E-state index is 0.513. The van der Waals surface area contributed by atoms with Crippen LogP contribution in [0.2, 0.25) is 0 Å². The Morgan fingerprint density at radius 2 is 2.00 bits per heavy atom. The highest BCUT2D eigenvalue weighted by molar-refractivity contribution is 5.20. The fourth-order valence-corrected chi connectivity index (χ4v) is 3.33. The summed E-state index contributed by atoms with van der Waals surface area (Å²) in [6, 6.07) is 12.9. The first kappa shape index (κ1) is 13.6. The predicted molar refractivity (Wildman–Crippen MR) is 77.7 cm³/mol. The van der Waals surface area contributed by atoms with Crippen molar-refractivity contribution >= 4 is 0 Å².